The number of hydrogen-bond acceptors (Lipinski definition) is 3. The fourth-order valence-corrected chi connectivity index (χ4v) is 2.29. The second-order valence-electron chi connectivity index (χ2n) is 5.47. The van der Waals surface area contributed by atoms with Gasteiger partial charge in [0.25, 0.3) is 0 Å². The van der Waals surface area contributed by atoms with Gasteiger partial charge in [0.15, 0.2) is 0 Å². The number of phenolic OH excluding ortho intramolecular Hbond substituents is 1. The van der Waals surface area contributed by atoms with E-state index in [4.69, 9.17) is 0 Å². The zero-order chi connectivity index (χ0) is 16.7. The second kappa shape index (κ2) is 8.48. The van der Waals surface area contributed by atoms with Crippen LogP contribution >= 0.6 is 0 Å². The molecule has 0 amide bonds. The van der Waals surface area contributed by atoms with E-state index in [1.54, 1.807) is 36.4 Å². The van der Waals surface area contributed by atoms with Gasteiger partial charge in [0, 0.05) is 18.2 Å². The van der Waals surface area contributed by atoms with Crippen molar-refractivity contribution in [2.75, 3.05) is 0 Å². The maximum atomic E-state index is 12.4. The largest absolute Gasteiger partial charge is 0.508 e. The van der Waals surface area contributed by atoms with Crippen molar-refractivity contribution in [2.24, 2.45) is 0 Å². The average molecular weight is 321 g/mol. The Morgan fingerprint density at radius 1 is 1.09 bits per heavy atom. The molecule has 0 bridgehead atoms. The first kappa shape index (κ1) is 17.2. The van der Waals surface area contributed by atoms with Gasteiger partial charge in [0.2, 0.25) is 0 Å². The van der Waals surface area contributed by atoms with E-state index in [9.17, 15) is 13.9 Å². The molecule has 0 aliphatic rings. The first-order valence-corrected chi connectivity index (χ1v) is 7.58. The molecular formula is C18H21F2NO2. The minimum atomic E-state index is -2.82. The van der Waals surface area contributed by atoms with Crippen LogP contribution in [0.5, 0.6) is 11.5 Å². The number of alkyl halides is 2. The van der Waals surface area contributed by atoms with Gasteiger partial charge >= 0.3 is 6.61 Å². The molecule has 1 atom stereocenters. The van der Waals surface area contributed by atoms with E-state index >= 15 is 0 Å². The van der Waals surface area contributed by atoms with Crippen molar-refractivity contribution in [3.8, 4) is 11.5 Å². The molecule has 3 nitrogen and oxygen atoms in total. The highest BCUT2D eigenvalue weighted by Crippen LogP contribution is 2.20. The number of para-hydroxylation sites is 1. The van der Waals surface area contributed by atoms with E-state index in [2.05, 4.69) is 17.0 Å². The summed E-state index contributed by atoms with van der Waals surface area (Å²) in [5, 5.41) is 12.6. The smallest absolute Gasteiger partial charge is 0.387 e. The van der Waals surface area contributed by atoms with E-state index in [1.807, 2.05) is 12.1 Å². The molecule has 0 radical (unpaired) electrons. The molecule has 1 unspecified atom stereocenters. The summed E-state index contributed by atoms with van der Waals surface area (Å²) in [6.45, 7) is -0.292. The minimum Gasteiger partial charge on any atom is -0.508 e. The van der Waals surface area contributed by atoms with Crippen LogP contribution in [0.25, 0.3) is 0 Å². The Kier molecular flexibility index (Phi) is 6.35. The van der Waals surface area contributed by atoms with E-state index in [0.717, 1.165) is 18.4 Å². The Morgan fingerprint density at radius 3 is 2.48 bits per heavy atom. The van der Waals surface area contributed by atoms with Crippen molar-refractivity contribution in [1.29, 1.82) is 0 Å². The fraction of sp³-hybridized carbons (Fsp3) is 0.333. The molecule has 0 aliphatic heterocycles. The number of nitrogens with one attached hydrogen (secondary N) is 1. The highest BCUT2D eigenvalue weighted by atomic mass is 19.3. The average Bonchev–Trinajstić information content (AvgIpc) is 2.53. The van der Waals surface area contributed by atoms with Gasteiger partial charge in [-0.1, -0.05) is 30.3 Å². The lowest BCUT2D eigenvalue weighted by atomic mass is 10.1. The molecule has 0 heterocycles. The molecule has 0 spiro atoms. The third-order valence-electron chi connectivity index (χ3n) is 3.63. The number of halogens is 2. The lowest BCUT2D eigenvalue weighted by Crippen LogP contribution is -2.26. The van der Waals surface area contributed by atoms with Gasteiger partial charge in [-0.05, 0) is 43.5 Å². The number of phenols is 1. The summed E-state index contributed by atoms with van der Waals surface area (Å²) < 4.78 is 29.3. The molecule has 0 fully saturated rings. The van der Waals surface area contributed by atoms with E-state index in [0.29, 0.717) is 12.1 Å². The fourth-order valence-electron chi connectivity index (χ4n) is 2.29. The Labute approximate surface area is 134 Å². The van der Waals surface area contributed by atoms with Crippen LogP contribution in [-0.4, -0.2) is 17.8 Å². The zero-order valence-electron chi connectivity index (χ0n) is 13.0. The predicted octanol–water partition coefficient (Wildman–Crippen LogP) is 4.10. The Morgan fingerprint density at radius 2 is 1.78 bits per heavy atom. The van der Waals surface area contributed by atoms with E-state index in [-0.39, 0.29) is 17.5 Å². The molecule has 0 aliphatic carbocycles. The topological polar surface area (TPSA) is 41.5 Å². The van der Waals surface area contributed by atoms with Gasteiger partial charge in [-0.2, -0.15) is 8.78 Å². The number of aromatic hydroxyl groups is 1. The highest BCUT2D eigenvalue weighted by Gasteiger charge is 2.10. The summed E-state index contributed by atoms with van der Waals surface area (Å²) in [5.41, 5.74) is 1.86. The van der Waals surface area contributed by atoms with Gasteiger partial charge in [0.05, 0.1) is 0 Å². The van der Waals surface area contributed by atoms with Crippen LogP contribution in [0, 0.1) is 0 Å². The monoisotopic (exact) mass is 321 g/mol. The number of hydrogen-bond donors (Lipinski definition) is 2. The molecule has 0 aromatic heterocycles. The summed E-state index contributed by atoms with van der Waals surface area (Å²) in [6, 6.07) is 14.2. The van der Waals surface area contributed by atoms with Gasteiger partial charge in [-0.15, -0.1) is 0 Å². The summed E-state index contributed by atoms with van der Waals surface area (Å²) in [5.74, 6) is 0.469. The molecule has 124 valence electrons. The van der Waals surface area contributed by atoms with Crippen molar-refractivity contribution in [3.63, 3.8) is 0 Å². The lowest BCUT2D eigenvalue weighted by Gasteiger charge is -2.16. The van der Waals surface area contributed by atoms with Gasteiger partial charge in [-0.25, -0.2) is 0 Å². The third-order valence-corrected chi connectivity index (χ3v) is 3.63. The quantitative estimate of drug-likeness (QED) is 0.769. The normalized spacial score (nSPS) is 12.3. The van der Waals surface area contributed by atoms with Crippen molar-refractivity contribution < 1.29 is 18.6 Å². The maximum absolute atomic E-state index is 12.4. The van der Waals surface area contributed by atoms with Crippen LogP contribution in [0.1, 0.15) is 24.5 Å². The van der Waals surface area contributed by atoms with Crippen molar-refractivity contribution in [1.82, 2.24) is 5.32 Å². The van der Waals surface area contributed by atoms with Crippen molar-refractivity contribution in [2.45, 2.75) is 39.0 Å². The van der Waals surface area contributed by atoms with Gasteiger partial charge in [0.1, 0.15) is 11.5 Å². The molecule has 0 saturated carbocycles. The zero-order valence-corrected chi connectivity index (χ0v) is 13.0. The van der Waals surface area contributed by atoms with Crippen LogP contribution in [-0.2, 0) is 13.0 Å². The number of aryl methyl sites for hydroxylation is 1. The number of benzene rings is 2. The molecule has 5 heteroatoms. The Hall–Kier alpha value is -2.14. The Bertz CT molecular complexity index is 602. The van der Waals surface area contributed by atoms with Gasteiger partial charge in [-0.3, -0.25) is 0 Å². The lowest BCUT2D eigenvalue weighted by molar-refractivity contribution is -0.0505. The molecule has 2 rings (SSSR count). The number of ether oxygens (including phenoxy) is 1. The minimum absolute atomic E-state index is 0.209. The van der Waals surface area contributed by atoms with Crippen LogP contribution in [0.3, 0.4) is 0 Å². The predicted molar refractivity (Wildman–Crippen MR) is 85.8 cm³/mol. The van der Waals surface area contributed by atoms with Crippen molar-refractivity contribution >= 4 is 0 Å². The second-order valence-corrected chi connectivity index (χ2v) is 5.47. The maximum Gasteiger partial charge on any atom is 0.387 e. The van der Waals surface area contributed by atoms with Gasteiger partial charge < -0.3 is 15.2 Å². The standard InChI is InChI=1S/C18H21F2NO2/c1-13(6-7-14-8-10-16(22)11-9-14)21-12-15-4-2-3-5-17(15)23-18(19)20/h2-5,8-11,13,18,21-22H,6-7,12H2,1H3. The molecule has 2 N–H and O–H groups in total. The highest BCUT2D eigenvalue weighted by molar-refractivity contribution is 5.33. The summed E-state index contributed by atoms with van der Waals surface area (Å²) in [7, 11) is 0. The molecule has 0 saturated heterocycles. The van der Waals surface area contributed by atoms with E-state index < -0.39 is 6.61 Å². The summed E-state index contributed by atoms with van der Waals surface area (Å²) >= 11 is 0. The summed E-state index contributed by atoms with van der Waals surface area (Å²) in [6.07, 6.45) is 1.78. The first-order chi connectivity index (χ1) is 11.0. The molecular weight excluding hydrogens is 300 g/mol. The molecule has 2 aromatic carbocycles. The molecule has 23 heavy (non-hydrogen) atoms. The molecule has 2 aromatic rings. The Balaban J connectivity index is 1.82. The van der Waals surface area contributed by atoms with Crippen LogP contribution in [0.15, 0.2) is 48.5 Å². The van der Waals surface area contributed by atoms with Crippen LogP contribution < -0.4 is 10.1 Å². The first-order valence-electron chi connectivity index (χ1n) is 7.58. The number of rotatable bonds is 8. The third kappa shape index (κ3) is 5.87. The van der Waals surface area contributed by atoms with E-state index in [1.165, 1.54) is 0 Å². The van der Waals surface area contributed by atoms with Crippen LogP contribution in [0.4, 0.5) is 8.78 Å². The SMILES string of the molecule is CC(CCc1ccc(O)cc1)NCc1ccccc1OC(F)F. The van der Waals surface area contributed by atoms with Crippen molar-refractivity contribution in [3.05, 3.63) is 59.7 Å². The van der Waals surface area contributed by atoms with Crippen LogP contribution in [0.2, 0.25) is 0 Å². The summed E-state index contributed by atoms with van der Waals surface area (Å²) in [4.78, 5) is 0.